The van der Waals surface area contributed by atoms with Crippen molar-refractivity contribution >= 4 is 23.2 Å². The van der Waals surface area contributed by atoms with E-state index in [9.17, 15) is 19.7 Å². The van der Waals surface area contributed by atoms with Crippen LogP contribution in [-0.4, -0.2) is 23.8 Å². The number of non-ortho nitro benzene ring substituents is 1. The second kappa shape index (κ2) is 9.39. The van der Waals surface area contributed by atoms with Gasteiger partial charge >= 0.3 is 11.8 Å². The van der Waals surface area contributed by atoms with Crippen LogP contribution in [0.3, 0.4) is 0 Å². The van der Waals surface area contributed by atoms with E-state index in [1.807, 2.05) is 13.0 Å². The standard InChI is InChI=1S/C22H25N3O5/c1-3-18(16-9-8-14-6-4-5-7-15(14)12-16)23-21(26)22(27)24-19-11-10-17(25(28)29)13-20(19)30-2/h8-13,18H,3-7H2,1-2H3,(H,23,26)(H,24,27). The van der Waals surface area contributed by atoms with Crippen LogP contribution in [0.25, 0.3) is 0 Å². The molecule has 0 saturated carbocycles. The Morgan fingerprint density at radius 2 is 1.83 bits per heavy atom. The second-order valence-electron chi connectivity index (χ2n) is 7.27. The maximum Gasteiger partial charge on any atom is 0.313 e. The smallest absolute Gasteiger partial charge is 0.313 e. The van der Waals surface area contributed by atoms with E-state index in [0.717, 1.165) is 18.4 Å². The van der Waals surface area contributed by atoms with Crippen LogP contribution in [-0.2, 0) is 22.4 Å². The fraction of sp³-hybridized carbons (Fsp3) is 0.364. The minimum Gasteiger partial charge on any atom is -0.494 e. The molecule has 0 bridgehead atoms. The third-order valence-electron chi connectivity index (χ3n) is 5.34. The van der Waals surface area contributed by atoms with Crippen LogP contribution in [0, 0.1) is 10.1 Å². The molecule has 1 aliphatic rings. The lowest BCUT2D eigenvalue weighted by molar-refractivity contribution is -0.384. The lowest BCUT2D eigenvalue weighted by atomic mass is 9.89. The van der Waals surface area contributed by atoms with E-state index < -0.39 is 16.7 Å². The summed E-state index contributed by atoms with van der Waals surface area (Å²) in [5.41, 5.74) is 3.66. The SMILES string of the molecule is CCC(NC(=O)C(=O)Nc1ccc([N+](=O)[O-])cc1OC)c1ccc2c(c1)CCCC2. The quantitative estimate of drug-likeness (QED) is 0.428. The number of benzene rings is 2. The summed E-state index contributed by atoms with van der Waals surface area (Å²) in [6.07, 6.45) is 5.12. The molecule has 0 heterocycles. The number of aryl methyl sites for hydroxylation is 2. The van der Waals surface area contributed by atoms with Gasteiger partial charge in [-0.25, -0.2) is 0 Å². The molecule has 8 nitrogen and oxygen atoms in total. The number of nitrogens with zero attached hydrogens (tertiary/aromatic N) is 1. The minimum absolute atomic E-state index is 0.104. The highest BCUT2D eigenvalue weighted by atomic mass is 16.6. The van der Waals surface area contributed by atoms with Gasteiger partial charge in [-0.3, -0.25) is 19.7 Å². The van der Waals surface area contributed by atoms with Gasteiger partial charge in [0, 0.05) is 6.07 Å². The fourth-order valence-electron chi connectivity index (χ4n) is 3.69. The van der Waals surface area contributed by atoms with Crippen LogP contribution < -0.4 is 15.4 Å². The summed E-state index contributed by atoms with van der Waals surface area (Å²) in [5.74, 6) is -1.54. The summed E-state index contributed by atoms with van der Waals surface area (Å²) in [6.45, 7) is 1.95. The number of carbonyl (C=O) groups is 2. The molecule has 0 aromatic heterocycles. The number of methoxy groups -OCH3 is 1. The Morgan fingerprint density at radius 3 is 2.50 bits per heavy atom. The molecule has 1 aliphatic carbocycles. The predicted molar refractivity (Wildman–Crippen MR) is 113 cm³/mol. The summed E-state index contributed by atoms with van der Waals surface area (Å²) < 4.78 is 5.09. The summed E-state index contributed by atoms with van der Waals surface area (Å²) in [5, 5.41) is 16.1. The Hall–Kier alpha value is -3.42. The van der Waals surface area contributed by atoms with Crippen molar-refractivity contribution in [2.45, 2.75) is 45.1 Å². The number of hydrogen-bond donors (Lipinski definition) is 2. The number of nitrogens with one attached hydrogen (secondary N) is 2. The van der Waals surface area contributed by atoms with E-state index >= 15 is 0 Å². The van der Waals surface area contributed by atoms with E-state index in [4.69, 9.17) is 4.74 Å². The summed E-state index contributed by atoms with van der Waals surface area (Å²) in [7, 11) is 1.33. The Labute approximate surface area is 174 Å². The van der Waals surface area contributed by atoms with Crippen molar-refractivity contribution in [2.75, 3.05) is 12.4 Å². The van der Waals surface area contributed by atoms with Gasteiger partial charge in [-0.05, 0) is 54.9 Å². The van der Waals surface area contributed by atoms with Gasteiger partial charge in [-0.2, -0.15) is 0 Å². The molecule has 0 radical (unpaired) electrons. The van der Waals surface area contributed by atoms with Crippen LogP contribution in [0.5, 0.6) is 5.75 Å². The van der Waals surface area contributed by atoms with Crippen LogP contribution >= 0.6 is 0 Å². The van der Waals surface area contributed by atoms with Crippen molar-refractivity contribution in [1.82, 2.24) is 5.32 Å². The van der Waals surface area contributed by atoms with E-state index in [1.54, 1.807) is 0 Å². The molecule has 0 saturated heterocycles. The first-order valence-electron chi connectivity index (χ1n) is 9.99. The average Bonchev–Trinajstić information content (AvgIpc) is 2.76. The Kier molecular flexibility index (Phi) is 6.66. The van der Waals surface area contributed by atoms with Crippen molar-refractivity contribution in [2.24, 2.45) is 0 Å². The van der Waals surface area contributed by atoms with E-state index in [1.165, 1.54) is 49.3 Å². The highest BCUT2D eigenvalue weighted by Gasteiger charge is 2.22. The Morgan fingerprint density at radius 1 is 1.10 bits per heavy atom. The zero-order valence-corrected chi connectivity index (χ0v) is 17.1. The molecule has 0 aliphatic heterocycles. The number of ether oxygens (including phenoxy) is 1. The molecule has 2 amide bonds. The molecular weight excluding hydrogens is 386 g/mol. The molecular formula is C22H25N3O5. The lowest BCUT2D eigenvalue weighted by Gasteiger charge is -2.21. The van der Waals surface area contributed by atoms with Gasteiger partial charge in [0.1, 0.15) is 5.75 Å². The summed E-state index contributed by atoms with van der Waals surface area (Å²) >= 11 is 0. The van der Waals surface area contributed by atoms with Crippen molar-refractivity contribution < 1.29 is 19.2 Å². The first-order chi connectivity index (χ1) is 14.4. The van der Waals surface area contributed by atoms with E-state index in [2.05, 4.69) is 22.8 Å². The van der Waals surface area contributed by atoms with Gasteiger partial charge in [0.05, 0.1) is 29.8 Å². The van der Waals surface area contributed by atoms with Crippen molar-refractivity contribution in [3.8, 4) is 5.75 Å². The highest BCUT2D eigenvalue weighted by molar-refractivity contribution is 6.39. The summed E-state index contributed by atoms with van der Waals surface area (Å²) in [4.78, 5) is 35.2. The monoisotopic (exact) mass is 411 g/mol. The van der Waals surface area contributed by atoms with Crippen LogP contribution in [0.2, 0.25) is 0 Å². The number of nitro groups is 1. The zero-order chi connectivity index (χ0) is 21.7. The Bertz CT molecular complexity index is 973. The van der Waals surface area contributed by atoms with Crippen LogP contribution in [0.1, 0.15) is 48.9 Å². The first kappa shape index (κ1) is 21.3. The molecule has 158 valence electrons. The predicted octanol–water partition coefficient (Wildman–Crippen LogP) is 3.69. The van der Waals surface area contributed by atoms with E-state index in [0.29, 0.717) is 6.42 Å². The largest absolute Gasteiger partial charge is 0.494 e. The third kappa shape index (κ3) is 4.76. The number of nitro benzene ring substituents is 1. The van der Waals surface area contributed by atoms with Gasteiger partial charge in [0.2, 0.25) is 0 Å². The molecule has 30 heavy (non-hydrogen) atoms. The Balaban J connectivity index is 1.70. The van der Waals surface area contributed by atoms with E-state index in [-0.39, 0.29) is 23.2 Å². The number of fused-ring (bicyclic) bond motifs is 1. The number of anilines is 1. The topological polar surface area (TPSA) is 111 Å². The third-order valence-corrected chi connectivity index (χ3v) is 5.34. The molecule has 0 spiro atoms. The highest BCUT2D eigenvalue weighted by Crippen LogP contribution is 2.29. The normalized spacial score (nSPS) is 13.7. The van der Waals surface area contributed by atoms with Gasteiger partial charge in [-0.1, -0.05) is 25.1 Å². The molecule has 2 aromatic carbocycles. The first-order valence-corrected chi connectivity index (χ1v) is 9.99. The molecule has 1 unspecified atom stereocenters. The molecule has 1 atom stereocenters. The van der Waals surface area contributed by atoms with Gasteiger partial charge in [0.15, 0.2) is 0 Å². The van der Waals surface area contributed by atoms with Crippen molar-refractivity contribution in [3.63, 3.8) is 0 Å². The van der Waals surface area contributed by atoms with Crippen molar-refractivity contribution in [1.29, 1.82) is 0 Å². The molecule has 2 aromatic rings. The molecule has 0 fully saturated rings. The number of rotatable bonds is 6. The van der Waals surface area contributed by atoms with Crippen LogP contribution in [0.4, 0.5) is 11.4 Å². The number of hydrogen-bond acceptors (Lipinski definition) is 5. The lowest BCUT2D eigenvalue weighted by Crippen LogP contribution is -2.37. The molecule has 3 rings (SSSR count). The fourth-order valence-corrected chi connectivity index (χ4v) is 3.69. The zero-order valence-electron chi connectivity index (χ0n) is 17.1. The van der Waals surface area contributed by atoms with Crippen molar-refractivity contribution in [3.05, 3.63) is 63.2 Å². The number of amides is 2. The molecule has 8 heteroatoms. The van der Waals surface area contributed by atoms with Gasteiger partial charge < -0.3 is 15.4 Å². The van der Waals surface area contributed by atoms with Gasteiger partial charge in [-0.15, -0.1) is 0 Å². The summed E-state index contributed by atoms with van der Waals surface area (Å²) in [6, 6.07) is 9.72. The minimum atomic E-state index is -0.862. The second-order valence-corrected chi connectivity index (χ2v) is 7.27. The maximum atomic E-state index is 12.5. The van der Waals surface area contributed by atoms with Gasteiger partial charge in [0.25, 0.3) is 5.69 Å². The van der Waals surface area contributed by atoms with Crippen LogP contribution in [0.15, 0.2) is 36.4 Å². The average molecular weight is 411 g/mol. The maximum absolute atomic E-state index is 12.5. The number of carbonyl (C=O) groups excluding carboxylic acids is 2. The molecule has 2 N–H and O–H groups in total.